The lowest BCUT2D eigenvalue weighted by atomic mass is 10.4. The van der Waals surface area contributed by atoms with Crippen molar-refractivity contribution in [3.63, 3.8) is 0 Å². The summed E-state index contributed by atoms with van der Waals surface area (Å²) in [5, 5.41) is 7.42. The van der Waals surface area contributed by atoms with E-state index < -0.39 is 11.6 Å². The topological polar surface area (TPSA) is 103 Å². The number of hydrogen-bond donors (Lipinski definition) is 1. The number of aromatic nitrogens is 5. The second-order valence-electron chi connectivity index (χ2n) is 3.21. The predicted molar refractivity (Wildman–Crippen MR) is 60.2 cm³/mol. The van der Waals surface area contributed by atoms with E-state index in [1.54, 1.807) is 0 Å². The van der Waals surface area contributed by atoms with Crippen molar-refractivity contribution >= 4 is 23.2 Å². The Hall–Kier alpha value is -2.00. The summed E-state index contributed by atoms with van der Waals surface area (Å²) in [4.78, 5) is 31.7. The zero-order valence-corrected chi connectivity index (χ0v) is 10.1. The molecule has 0 atom stereocenters. The van der Waals surface area contributed by atoms with E-state index in [1.807, 2.05) is 0 Å². The van der Waals surface area contributed by atoms with Crippen LogP contribution in [0.4, 0.5) is 0 Å². The molecule has 0 aromatic carbocycles. The van der Waals surface area contributed by atoms with Gasteiger partial charge in [0, 0.05) is 5.88 Å². The molecular formula is C8H9ClN6O3. The molecule has 1 amide bonds. The maximum atomic E-state index is 11.9. The Balaban J connectivity index is 2.53. The number of carbonyl (C=O) groups is 1. The smallest absolute Gasteiger partial charge is 0.277 e. The zero-order chi connectivity index (χ0) is 13.1. The van der Waals surface area contributed by atoms with E-state index in [0.717, 1.165) is 9.08 Å². The third kappa shape index (κ3) is 2.05. The quantitative estimate of drug-likeness (QED) is 0.555. The standard InChI is InChI=1S/C8H9ClN6O3/c1-18-12-7(16)5-6-11-13-15(3-2-9)8(17)14(6)4-10-5/h4H,2-3H2,1H3,(H,12,16). The van der Waals surface area contributed by atoms with Gasteiger partial charge in [0.2, 0.25) is 0 Å². The predicted octanol–water partition coefficient (Wildman–Crippen LogP) is -1.18. The van der Waals surface area contributed by atoms with E-state index in [2.05, 4.69) is 25.6 Å². The van der Waals surface area contributed by atoms with Crippen LogP contribution < -0.4 is 11.2 Å². The highest BCUT2D eigenvalue weighted by molar-refractivity contribution is 6.17. The third-order valence-corrected chi connectivity index (χ3v) is 2.29. The van der Waals surface area contributed by atoms with Crippen molar-refractivity contribution in [2.45, 2.75) is 6.54 Å². The van der Waals surface area contributed by atoms with Gasteiger partial charge in [-0.3, -0.25) is 9.63 Å². The Labute approximate surface area is 105 Å². The Morgan fingerprint density at radius 2 is 2.39 bits per heavy atom. The Bertz CT molecular complexity index is 635. The molecule has 0 spiro atoms. The molecule has 0 saturated carbocycles. The molecule has 0 fully saturated rings. The van der Waals surface area contributed by atoms with Crippen molar-refractivity contribution in [2.24, 2.45) is 0 Å². The molecule has 2 rings (SSSR count). The molecule has 0 aliphatic carbocycles. The summed E-state index contributed by atoms with van der Waals surface area (Å²) in [6.45, 7) is 0.223. The second kappa shape index (κ2) is 5.10. The Morgan fingerprint density at radius 1 is 1.61 bits per heavy atom. The zero-order valence-electron chi connectivity index (χ0n) is 9.33. The Kier molecular flexibility index (Phi) is 3.53. The molecule has 0 unspecified atom stereocenters. The summed E-state index contributed by atoms with van der Waals surface area (Å²) < 4.78 is 2.20. The highest BCUT2D eigenvalue weighted by Gasteiger charge is 2.17. The first-order chi connectivity index (χ1) is 8.69. The van der Waals surface area contributed by atoms with Gasteiger partial charge in [-0.2, -0.15) is 4.68 Å². The molecule has 9 nitrogen and oxygen atoms in total. The van der Waals surface area contributed by atoms with Gasteiger partial charge in [-0.05, 0) is 0 Å². The summed E-state index contributed by atoms with van der Waals surface area (Å²) in [5.41, 5.74) is 1.63. The number of hydroxylamine groups is 1. The molecule has 0 aliphatic rings. The monoisotopic (exact) mass is 272 g/mol. The normalized spacial score (nSPS) is 10.8. The maximum Gasteiger partial charge on any atom is 0.353 e. The average molecular weight is 273 g/mol. The fraction of sp³-hybridized carbons (Fsp3) is 0.375. The lowest BCUT2D eigenvalue weighted by Gasteiger charge is -2.01. The number of carbonyl (C=O) groups excluding carboxylic acids is 1. The number of nitrogens with zero attached hydrogens (tertiary/aromatic N) is 5. The van der Waals surface area contributed by atoms with Crippen LogP contribution in [0.2, 0.25) is 0 Å². The van der Waals surface area contributed by atoms with Crippen LogP contribution in [0.3, 0.4) is 0 Å². The number of halogens is 1. The van der Waals surface area contributed by atoms with Gasteiger partial charge in [-0.25, -0.2) is 19.7 Å². The van der Waals surface area contributed by atoms with Gasteiger partial charge < -0.3 is 0 Å². The van der Waals surface area contributed by atoms with Crippen LogP contribution in [0.25, 0.3) is 5.65 Å². The molecule has 2 aromatic rings. The van der Waals surface area contributed by atoms with Crippen LogP contribution >= 0.6 is 11.6 Å². The van der Waals surface area contributed by atoms with Crippen LogP contribution in [0, 0.1) is 0 Å². The first-order valence-electron chi connectivity index (χ1n) is 4.89. The molecule has 2 heterocycles. The van der Waals surface area contributed by atoms with E-state index >= 15 is 0 Å². The summed E-state index contributed by atoms with van der Waals surface area (Å²) in [5.74, 6) is -0.380. The first kappa shape index (κ1) is 12.5. The molecule has 0 bridgehead atoms. The summed E-state index contributed by atoms with van der Waals surface area (Å²) >= 11 is 5.52. The highest BCUT2D eigenvalue weighted by Crippen LogP contribution is 2.02. The van der Waals surface area contributed by atoms with Crippen LogP contribution in [0.5, 0.6) is 0 Å². The van der Waals surface area contributed by atoms with Crippen molar-refractivity contribution < 1.29 is 9.63 Å². The van der Waals surface area contributed by atoms with Gasteiger partial charge in [0.25, 0.3) is 5.91 Å². The van der Waals surface area contributed by atoms with E-state index in [1.165, 1.54) is 13.4 Å². The van der Waals surface area contributed by atoms with Crippen molar-refractivity contribution in [2.75, 3.05) is 13.0 Å². The molecule has 96 valence electrons. The van der Waals surface area contributed by atoms with Crippen molar-refractivity contribution in [3.8, 4) is 0 Å². The number of fused-ring (bicyclic) bond motifs is 1. The van der Waals surface area contributed by atoms with Gasteiger partial charge >= 0.3 is 5.69 Å². The van der Waals surface area contributed by atoms with Crippen LogP contribution in [-0.2, 0) is 11.4 Å². The average Bonchev–Trinajstić information content (AvgIpc) is 2.78. The first-order valence-corrected chi connectivity index (χ1v) is 5.42. The Morgan fingerprint density at radius 3 is 3.06 bits per heavy atom. The number of hydrogen-bond acceptors (Lipinski definition) is 6. The SMILES string of the molecule is CONC(=O)c1ncn2c(=O)n(CCCl)nnc12. The summed E-state index contributed by atoms with van der Waals surface area (Å²) in [6, 6.07) is 0. The van der Waals surface area contributed by atoms with Crippen LogP contribution in [0.1, 0.15) is 10.5 Å². The number of amides is 1. The minimum Gasteiger partial charge on any atom is -0.277 e. The van der Waals surface area contributed by atoms with Gasteiger partial charge in [-0.1, -0.05) is 5.21 Å². The number of alkyl halides is 1. The highest BCUT2D eigenvalue weighted by atomic mass is 35.5. The lowest BCUT2D eigenvalue weighted by molar-refractivity contribution is 0.0534. The molecule has 0 aliphatic heterocycles. The molecular weight excluding hydrogens is 264 g/mol. The van der Waals surface area contributed by atoms with Crippen LogP contribution in [0.15, 0.2) is 11.1 Å². The van der Waals surface area contributed by atoms with E-state index in [4.69, 9.17) is 11.6 Å². The molecule has 1 N–H and O–H groups in total. The largest absolute Gasteiger partial charge is 0.353 e. The number of aryl methyl sites for hydroxylation is 1. The third-order valence-electron chi connectivity index (χ3n) is 2.12. The van der Waals surface area contributed by atoms with Gasteiger partial charge in [0.05, 0.1) is 13.7 Å². The molecule has 0 saturated heterocycles. The fourth-order valence-electron chi connectivity index (χ4n) is 1.36. The van der Waals surface area contributed by atoms with Crippen LogP contribution in [-0.4, -0.2) is 43.3 Å². The lowest BCUT2D eigenvalue weighted by Crippen LogP contribution is -2.31. The molecule has 18 heavy (non-hydrogen) atoms. The fourth-order valence-corrected chi connectivity index (χ4v) is 1.52. The summed E-state index contributed by atoms with van der Waals surface area (Å²) in [6.07, 6.45) is 1.20. The minimum atomic E-state index is -0.608. The number of nitrogens with one attached hydrogen (secondary N) is 1. The summed E-state index contributed by atoms with van der Waals surface area (Å²) in [7, 11) is 1.29. The van der Waals surface area contributed by atoms with E-state index in [9.17, 15) is 9.59 Å². The second-order valence-corrected chi connectivity index (χ2v) is 3.58. The molecule has 0 radical (unpaired) electrons. The van der Waals surface area contributed by atoms with Crippen molar-refractivity contribution in [1.29, 1.82) is 0 Å². The van der Waals surface area contributed by atoms with Gasteiger partial charge in [-0.15, -0.1) is 16.7 Å². The van der Waals surface area contributed by atoms with Gasteiger partial charge in [0.1, 0.15) is 6.33 Å². The maximum absolute atomic E-state index is 11.9. The van der Waals surface area contributed by atoms with Gasteiger partial charge in [0.15, 0.2) is 11.3 Å². The molecule has 10 heteroatoms. The van der Waals surface area contributed by atoms with Crippen molar-refractivity contribution in [1.82, 2.24) is 29.9 Å². The minimum absolute atomic E-state index is 0.0422. The van der Waals surface area contributed by atoms with E-state index in [-0.39, 0.29) is 23.8 Å². The number of rotatable bonds is 4. The molecule has 2 aromatic heterocycles. The van der Waals surface area contributed by atoms with Crippen molar-refractivity contribution in [3.05, 3.63) is 22.5 Å². The number of imidazole rings is 1. The van der Waals surface area contributed by atoms with E-state index in [0.29, 0.717) is 0 Å².